The van der Waals surface area contributed by atoms with Crippen LogP contribution in [0.5, 0.6) is 0 Å². The van der Waals surface area contributed by atoms with Gasteiger partial charge in [0.25, 0.3) is 5.89 Å². The molecule has 29 heavy (non-hydrogen) atoms. The smallest absolute Gasteiger partial charge is 0.311 e. The van der Waals surface area contributed by atoms with Gasteiger partial charge in [-0.1, -0.05) is 23.7 Å². The molecule has 1 N–H and O–H groups in total. The maximum Gasteiger partial charge on any atom is 0.311 e. The van der Waals surface area contributed by atoms with Crippen molar-refractivity contribution in [2.45, 2.75) is 12.5 Å². The first-order valence-electron chi connectivity index (χ1n) is 8.65. The summed E-state index contributed by atoms with van der Waals surface area (Å²) < 4.78 is 31.1. The number of hydrogen-bond acceptors (Lipinski definition) is 6. The van der Waals surface area contributed by atoms with Crippen LogP contribution in [0.3, 0.4) is 0 Å². The highest BCUT2D eigenvalue weighted by Crippen LogP contribution is 2.32. The van der Waals surface area contributed by atoms with Crippen LogP contribution < -0.4 is 5.32 Å². The number of aromatic nitrogens is 1. The minimum absolute atomic E-state index is 0.0984. The highest BCUT2D eigenvalue weighted by Gasteiger charge is 2.37. The number of benzene rings is 2. The molecule has 3 aromatic rings. The number of nitrogens with one attached hydrogen (secondary N) is 1. The number of sulfonamides is 1. The lowest BCUT2D eigenvalue weighted by molar-refractivity contribution is 0.0992. The zero-order valence-electron chi connectivity index (χ0n) is 15.6. The van der Waals surface area contributed by atoms with E-state index in [1.165, 1.54) is 13.4 Å². The largest absolute Gasteiger partial charge is 0.432 e. The van der Waals surface area contributed by atoms with Gasteiger partial charge >= 0.3 is 5.91 Å². The van der Waals surface area contributed by atoms with E-state index in [0.717, 1.165) is 4.31 Å². The number of halogens is 1. The molecule has 0 radical (unpaired) electrons. The summed E-state index contributed by atoms with van der Waals surface area (Å²) in [4.78, 5) is 21.1. The fraction of sp³-hybridized carbons (Fsp3) is 0.211. The Morgan fingerprint density at radius 3 is 2.83 bits per heavy atom. The van der Waals surface area contributed by atoms with Crippen molar-refractivity contribution in [3.8, 4) is 0 Å². The van der Waals surface area contributed by atoms with Gasteiger partial charge in [-0.2, -0.15) is 0 Å². The fourth-order valence-electron chi connectivity index (χ4n) is 3.05. The number of carbonyl (C=O) groups excluding carboxylic acids is 1. The monoisotopic (exact) mass is 432 g/mol. The highest BCUT2D eigenvalue weighted by molar-refractivity contribution is 7.89. The van der Waals surface area contributed by atoms with Crippen molar-refractivity contribution in [1.29, 1.82) is 0 Å². The number of nitrogens with zero attached hydrogens (tertiary/aromatic N) is 3. The maximum absolute atomic E-state index is 12.5. The molecule has 4 rings (SSSR count). The first kappa shape index (κ1) is 19.4. The molecule has 1 atom stereocenters. The predicted octanol–water partition coefficient (Wildman–Crippen LogP) is 3.25. The Hall–Kier alpha value is -2.91. The number of anilines is 1. The zero-order chi connectivity index (χ0) is 20.8. The molecule has 1 unspecified atom stereocenters. The Balaban J connectivity index is 1.60. The number of oxazole rings is 1. The van der Waals surface area contributed by atoms with E-state index in [-0.39, 0.29) is 11.6 Å². The molecule has 1 amide bonds. The van der Waals surface area contributed by atoms with Gasteiger partial charge in [0, 0.05) is 17.8 Å². The quantitative estimate of drug-likeness (QED) is 0.683. The summed E-state index contributed by atoms with van der Waals surface area (Å²) in [5.41, 5.74) is 1.11. The molecular weight excluding hydrogens is 416 g/mol. The average molecular weight is 433 g/mol. The fourth-order valence-corrected chi connectivity index (χ4v) is 4.56. The zero-order valence-corrected chi connectivity index (χ0v) is 17.2. The van der Waals surface area contributed by atoms with Crippen molar-refractivity contribution in [3.63, 3.8) is 0 Å². The molecule has 2 aromatic carbocycles. The number of amides is 1. The molecule has 150 valence electrons. The summed E-state index contributed by atoms with van der Waals surface area (Å²) in [6, 6.07) is 11.8. The Morgan fingerprint density at radius 2 is 2.07 bits per heavy atom. The second-order valence-electron chi connectivity index (χ2n) is 6.96. The van der Waals surface area contributed by atoms with Gasteiger partial charge in [-0.05, 0) is 42.8 Å². The molecule has 1 aromatic heterocycles. The molecule has 10 heteroatoms. The molecule has 0 fully saturated rings. The minimum atomic E-state index is -3.45. The first-order valence-corrected chi connectivity index (χ1v) is 10.6. The number of fused-ring (bicyclic) bond motifs is 1. The van der Waals surface area contributed by atoms with Crippen LogP contribution in [-0.2, 0) is 15.6 Å². The lowest BCUT2D eigenvalue weighted by Gasteiger charge is -2.32. The number of hydrogen-bond donors (Lipinski definition) is 1. The summed E-state index contributed by atoms with van der Waals surface area (Å²) in [7, 11) is -2.01. The van der Waals surface area contributed by atoms with E-state index < -0.39 is 21.5 Å². The van der Waals surface area contributed by atoms with Crippen LogP contribution in [0.2, 0.25) is 5.02 Å². The molecular formula is C19H17ClN4O4S. The molecule has 1 aliphatic rings. The van der Waals surface area contributed by atoms with Gasteiger partial charge in [-0.15, -0.1) is 0 Å². The lowest BCUT2D eigenvalue weighted by Crippen LogP contribution is -2.42. The lowest BCUT2D eigenvalue weighted by atomic mass is 9.94. The molecule has 8 nitrogen and oxygen atoms in total. The van der Waals surface area contributed by atoms with E-state index in [1.54, 1.807) is 49.4 Å². The Labute approximate surface area is 172 Å². The summed E-state index contributed by atoms with van der Waals surface area (Å²) in [6.45, 7) is 1.74. The van der Waals surface area contributed by atoms with Crippen molar-refractivity contribution < 1.29 is 17.6 Å². The highest BCUT2D eigenvalue weighted by atomic mass is 35.5. The van der Waals surface area contributed by atoms with Crippen LogP contribution in [0.4, 0.5) is 5.69 Å². The maximum atomic E-state index is 12.5. The van der Waals surface area contributed by atoms with E-state index in [4.69, 9.17) is 16.0 Å². The van der Waals surface area contributed by atoms with Gasteiger partial charge < -0.3 is 9.73 Å². The summed E-state index contributed by atoms with van der Waals surface area (Å²) in [5, 5.41) is 3.21. The average Bonchev–Trinajstić information content (AvgIpc) is 3.08. The molecule has 1 aliphatic heterocycles. The molecule has 0 saturated carbocycles. The SMILES string of the molecule is CN1C=NC(C)(c2cccc(NC(=O)c3nc4cc(Cl)ccc4o3)c2)CS1(=O)=O. The predicted molar refractivity (Wildman–Crippen MR) is 111 cm³/mol. The third-order valence-electron chi connectivity index (χ3n) is 4.69. The molecule has 0 spiro atoms. The van der Waals surface area contributed by atoms with E-state index in [9.17, 15) is 13.2 Å². The summed E-state index contributed by atoms with van der Waals surface area (Å²) in [5.74, 6) is -0.797. The number of aliphatic imine (C=N–C) groups is 1. The molecule has 0 aliphatic carbocycles. The van der Waals surface area contributed by atoms with E-state index in [0.29, 0.717) is 27.4 Å². The van der Waals surface area contributed by atoms with Gasteiger partial charge in [0.1, 0.15) is 11.1 Å². The van der Waals surface area contributed by atoms with Gasteiger partial charge in [0.15, 0.2) is 5.58 Å². The second-order valence-corrected chi connectivity index (χ2v) is 9.42. The third kappa shape index (κ3) is 3.70. The van der Waals surface area contributed by atoms with Crippen LogP contribution in [0, 0.1) is 0 Å². The minimum Gasteiger partial charge on any atom is -0.432 e. The van der Waals surface area contributed by atoms with Crippen molar-refractivity contribution in [3.05, 3.63) is 58.9 Å². The van der Waals surface area contributed by atoms with Crippen molar-refractivity contribution in [2.75, 3.05) is 18.1 Å². The van der Waals surface area contributed by atoms with Crippen molar-refractivity contribution in [1.82, 2.24) is 9.29 Å². The summed E-state index contributed by atoms with van der Waals surface area (Å²) >= 11 is 5.93. The molecule has 0 saturated heterocycles. The summed E-state index contributed by atoms with van der Waals surface area (Å²) in [6.07, 6.45) is 1.30. The van der Waals surface area contributed by atoms with Gasteiger partial charge in [-0.25, -0.2) is 13.4 Å². The third-order valence-corrected chi connectivity index (χ3v) is 6.83. The van der Waals surface area contributed by atoms with Gasteiger partial charge in [0.05, 0.1) is 12.1 Å². The normalized spacial score (nSPS) is 20.7. The van der Waals surface area contributed by atoms with Gasteiger partial charge in [0.2, 0.25) is 10.0 Å². The Morgan fingerprint density at radius 1 is 1.28 bits per heavy atom. The Bertz CT molecular complexity index is 1250. The molecule has 0 bridgehead atoms. The molecule has 2 heterocycles. The van der Waals surface area contributed by atoms with Crippen LogP contribution in [0.1, 0.15) is 23.2 Å². The van der Waals surface area contributed by atoms with Crippen LogP contribution in [0.15, 0.2) is 51.9 Å². The van der Waals surface area contributed by atoms with Crippen molar-refractivity contribution >= 4 is 50.7 Å². The number of carbonyl (C=O) groups is 1. The van der Waals surface area contributed by atoms with E-state index in [2.05, 4.69) is 15.3 Å². The Kier molecular flexibility index (Phi) is 4.59. The van der Waals surface area contributed by atoms with Crippen LogP contribution in [-0.4, -0.2) is 42.8 Å². The first-order chi connectivity index (χ1) is 13.7. The number of rotatable bonds is 3. The second kappa shape index (κ2) is 6.85. The van der Waals surface area contributed by atoms with Crippen LogP contribution in [0.25, 0.3) is 11.1 Å². The topological polar surface area (TPSA) is 105 Å². The standard InChI is InChI=1S/C19H17ClN4O4S/c1-19(10-29(26,27)24(2)11-21-19)12-4-3-5-14(8-12)22-17(25)18-23-15-9-13(20)6-7-16(15)28-18/h3-9,11H,10H2,1-2H3,(H,22,25). The van der Waals surface area contributed by atoms with Crippen LogP contribution >= 0.6 is 11.6 Å². The van der Waals surface area contributed by atoms with Crippen molar-refractivity contribution in [2.24, 2.45) is 4.99 Å². The van der Waals surface area contributed by atoms with Gasteiger partial charge in [-0.3, -0.25) is 14.1 Å². The van der Waals surface area contributed by atoms with E-state index >= 15 is 0 Å². The van der Waals surface area contributed by atoms with E-state index in [1.807, 2.05) is 0 Å².